The van der Waals surface area contributed by atoms with Gasteiger partial charge < -0.3 is 14.5 Å². The average molecular weight is 282 g/mol. The van der Waals surface area contributed by atoms with Crippen LogP contribution < -0.4 is 9.64 Å². The van der Waals surface area contributed by atoms with E-state index in [2.05, 4.69) is 72.4 Å². The molecule has 3 rings (SSSR count). The van der Waals surface area contributed by atoms with Crippen LogP contribution >= 0.6 is 0 Å². The molecule has 0 bridgehead atoms. The number of nitrogens with zero attached hydrogens (tertiary/aromatic N) is 2. The summed E-state index contributed by atoms with van der Waals surface area (Å²) >= 11 is 0. The number of para-hydroxylation sites is 1. The summed E-state index contributed by atoms with van der Waals surface area (Å²) in [6.07, 6.45) is 1.12. The molecule has 0 fully saturated rings. The van der Waals surface area contributed by atoms with Crippen molar-refractivity contribution in [1.29, 1.82) is 0 Å². The molecule has 0 spiro atoms. The molecule has 3 nitrogen and oxygen atoms in total. The van der Waals surface area contributed by atoms with Crippen molar-refractivity contribution in [3.63, 3.8) is 0 Å². The molecule has 3 heteroatoms. The summed E-state index contributed by atoms with van der Waals surface area (Å²) in [5.41, 5.74) is 4.00. The Kier molecular flexibility index (Phi) is 4.11. The van der Waals surface area contributed by atoms with Crippen molar-refractivity contribution in [2.45, 2.75) is 6.42 Å². The Morgan fingerprint density at radius 3 is 2.57 bits per heavy atom. The van der Waals surface area contributed by atoms with Crippen molar-refractivity contribution in [3.05, 3.63) is 54.1 Å². The predicted molar refractivity (Wildman–Crippen MR) is 87.6 cm³/mol. The lowest BCUT2D eigenvalue weighted by Gasteiger charge is -2.20. The second-order valence-corrected chi connectivity index (χ2v) is 5.68. The van der Waals surface area contributed by atoms with E-state index in [9.17, 15) is 0 Å². The molecule has 2 aromatic rings. The third-order valence-corrected chi connectivity index (χ3v) is 3.84. The topological polar surface area (TPSA) is 15.7 Å². The minimum absolute atomic E-state index is 0.721. The number of ether oxygens (including phenoxy) is 1. The molecule has 1 aliphatic rings. The molecular weight excluding hydrogens is 260 g/mol. The van der Waals surface area contributed by atoms with Gasteiger partial charge in [-0.05, 0) is 56.4 Å². The fourth-order valence-corrected chi connectivity index (χ4v) is 2.67. The van der Waals surface area contributed by atoms with Crippen molar-refractivity contribution < 1.29 is 4.74 Å². The molecule has 0 saturated carbocycles. The lowest BCUT2D eigenvalue weighted by Crippen LogP contribution is -2.19. The Labute approximate surface area is 126 Å². The molecule has 0 amide bonds. The van der Waals surface area contributed by atoms with Gasteiger partial charge in [0.05, 0.1) is 0 Å². The van der Waals surface area contributed by atoms with Gasteiger partial charge in [0.1, 0.15) is 12.4 Å². The molecule has 0 unspecified atom stereocenters. The largest absolute Gasteiger partial charge is 0.492 e. The van der Waals surface area contributed by atoms with Crippen LogP contribution in [-0.4, -0.2) is 38.7 Å². The van der Waals surface area contributed by atoms with E-state index in [0.717, 1.165) is 31.9 Å². The first-order valence-electron chi connectivity index (χ1n) is 7.47. The fraction of sp³-hybridized carbons (Fsp3) is 0.333. The molecule has 0 radical (unpaired) electrons. The standard InChI is InChI=1S/C18H22N2O/c1-19(2)13-14-21-17-9-7-16(8-10-17)20-12-11-15-5-3-4-6-18(15)20/h3-10H,11-14H2,1-2H3. The number of likely N-dealkylation sites (N-methyl/N-ethyl adjacent to an activating group) is 1. The average Bonchev–Trinajstić information content (AvgIpc) is 2.92. The van der Waals surface area contributed by atoms with Crippen molar-refractivity contribution in [1.82, 2.24) is 4.90 Å². The van der Waals surface area contributed by atoms with Crippen molar-refractivity contribution in [2.75, 3.05) is 38.7 Å². The number of hydrogen-bond acceptors (Lipinski definition) is 3. The van der Waals surface area contributed by atoms with Gasteiger partial charge in [-0.2, -0.15) is 0 Å². The molecule has 0 aromatic heterocycles. The van der Waals surface area contributed by atoms with E-state index in [0.29, 0.717) is 0 Å². The second-order valence-electron chi connectivity index (χ2n) is 5.68. The first-order chi connectivity index (χ1) is 10.2. The molecular formula is C18H22N2O. The van der Waals surface area contributed by atoms with Crippen LogP contribution in [0.4, 0.5) is 11.4 Å². The van der Waals surface area contributed by atoms with Gasteiger partial charge in [-0.25, -0.2) is 0 Å². The van der Waals surface area contributed by atoms with Gasteiger partial charge in [0.25, 0.3) is 0 Å². The van der Waals surface area contributed by atoms with Gasteiger partial charge >= 0.3 is 0 Å². The highest BCUT2D eigenvalue weighted by molar-refractivity contribution is 5.70. The maximum Gasteiger partial charge on any atom is 0.119 e. The number of rotatable bonds is 5. The number of fused-ring (bicyclic) bond motifs is 1. The van der Waals surface area contributed by atoms with Gasteiger partial charge in [-0.3, -0.25) is 0 Å². The van der Waals surface area contributed by atoms with Gasteiger partial charge in [0, 0.05) is 24.5 Å². The predicted octanol–water partition coefficient (Wildman–Crippen LogP) is 3.32. The monoisotopic (exact) mass is 282 g/mol. The van der Waals surface area contributed by atoms with Crippen LogP contribution in [0, 0.1) is 0 Å². The van der Waals surface area contributed by atoms with Crippen LogP contribution in [0.5, 0.6) is 5.75 Å². The van der Waals surface area contributed by atoms with Crippen LogP contribution in [0.1, 0.15) is 5.56 Å². The minimum atomic E-state index is 0.721. The summed E-state index contributed by atoms with van der Waals surface area (Å²) in [5, 5.41) is 0. The molecule has 0 N–H and O–H groups in total. The normalized spacial score (nSPS) is 13.6. The summed E-state index contributed by atoms with van der Waals surface area (Å²) in [4.78, 5) is 4.49. The quantitative estimate of drug-likeness (QED) is 0.836. The van der Waals surface area contributed by atoms with E-state index in [1.807, 2.05) is 0 Å². The number of anilines is 2. The van der Waals surface area contributed by atoms with E-state index >= 15 is 0 Å². The van der Waals surface area contributed by atoms with E-state index < -0.39 is 0 Å². The van der Waals surface area contributed by atoms with E-state index in [1.54, 1.807) is 0 Å². The van der Waals surface area contributed by atoms with Gasteiger partial charge in [-0.15, -0.1) is 0 Å². The van der Waals surface area contributed by atoms with E-state index in [-0.39, 0.29) is 0 Å². The van der Waals surface area contributed by atoms with Gasteiger partial charge in [0.2, 0.25) is 0 Å². The molecule has 21 heavy (non-hydrogen) atoms. The Morgan fingerprint density at radius 2 is 1.81 bits per heavy atom. The van der Waals surface area contributed by atoms with Crippen LogP contribution in [0.25, 0.3) is 0 Å². The van der Waals surface area contributed by atoms with E-state index in [1.165, 1.54) is 16.9 Å². The molecule has 110 valence electrons. The zero-order valence-corrected chi connectivity index (χ0v) is 12.7. The van der Waals surface area contributed by atoms with Crippen LogP contribution in [0.2, 0.25) is 0 Å². The lowest BCUT2D eigenvalue weighted by molar-refractivity contribution is 0.261. The maximum atomic E-state index is 5.74. The molecule has 1 aliphatic heterocycles. The highest BCUT2D eigenvalue weighted by Crippen LogP contribution is 2.34. The maximum absolute atomic E-state index is 5.74. The SMILES string of the molecule is CN(C)CCOc1ccc(N2CCc3ccccc32)cc1. The highest BCUT2D eigenvalue weighted by atomic mass is 16.5. The molecule has 1 heterocycles. The number of benzene rings is 2. The zero-order chi connectivity index (χ0) is 14.7. The summed E-state index contributed by atoms with van der Waals surface area (Å²) in [6, 6.07) is 17.1. The Balaban J connectivity index is 1.68. The van der Waals surface area contributed by atoms with Crippen molar-refractivity contribution in [3.8, 4) is 5.75 Å². The summed E-state index contributed by atoms with van der Waals surface area (Å²) in [7, 11) is 4.11. The smallest absolute Gasteiger partial charge is 0.119 e. The van der Waals surface area contributed by atoms with Crippen LogP contribution in [0.3, 0.4) is 0 Å². The van der Waals surface area contributed by atoms with Crippen LogP contribution in [-0.2, 0) is 6.42 Å². The second kappa shape index (κ2) is 6.19. The molecule has 0 atom stereocenters. The first-order valence-corrected chi connectivity index (χ1v) is 7.47. The minimum Gasteiger partial charge on any atom is -0.492 e. The fourth-order valence-electron chi connectivity index (χ4n) is 2.67. The van der Waals surface area contributed by atoms with Gasteiger partial charge in [-0.1, -0.05) is 18.2 Å². The Bertz CT molecular complexity index is 592. The zero-order valence-electron chi connectivity index (χ0n) is 12.7. The van der Waals surface area contributed by atoms with Gasteiger partial charge in [0.15, 0.2) is 0 Å². The Hall–Kier alpha value is -2.00. The molecule has 0 saturated heterocycles. The lowest BCUT2D eigenvalue weighted by atomic mass is 10.2. The third-order valence-electron chi connectivity index (χ3n) is 3.84. The number of hydrogen-bond donors (Lipinski definition) is 0. The summed E-state index contributed by atoms with van der Waals surface area (Å²) in [5.74, 6) is 0.938. The van der Waals surface area contributed by atoms with Crippen molar-refractivity contribution in [2.24, 2.45) is 0 Å². The van der Waals surface area contributed by atoms with Crippen LogP contribution in [0.15, 0.2) is 48.5 Å². The van der Waals surface area contributed by atoms with E-state index in [4.69, 9.17) is 4.74 Å². The molecule has 0 aliphatic carbocycles. The summed E-state index contributed by atoms with van der Waals surface area (Å²) in [6.45, 7) is 2.71. The van der Waals surface area contributed by atoms with Crippen molar-refractivity contribution >= 4 is 11.4 Å². The highest BCUT2D eigenvalue weighted by Gasteiger charge is 2.19. The molecule has 2 aromatic carbocycles. The summed E-state index contributed by atoms with van der Waals surface area (Å²) < 4.78 is 5.74. The Morgan fingerprint density at radius 1 is 1.05 bits per heavy atom. The third kappa shape index (κ3) is 3.19. The first kappa shape index (κ1) is 14.0.